The van der Waals surface area contributed by atoms with Gasteiger partial charge in [0.15, 0.2) is 11.6 Å². The van der Waals surface area contributed by atoms with Gasteiger partial charge in [-0.2, -0.15) is 0 Å². The lowest BCUT2D eigenvalue weighted by molar-refractivity contribution is -0.136. The number of aliphatic carboxylic acids is 1. The first-order valence-corrected chi connectivity index (χ1v) is 11.2. The molecule has 0 saturated carbocycles. The Kier molecular flexibility index (Phi) is 6.79. The van der Waals surface area contributed by atoms with E-state index in [2.05, 4.69) is 15.3 Å². The minimum absolute atomic E-state index is 0.0867. The van der Waals surface area contributed by atoms with Crippen molar-refractivity contribution < 1.29 is 23.4 Å². The number of benzene rings is 2. The van der Waals surface area contributed by atoms with Crippen molar-refractivity contribution in [1.29, 1.82) is 0 Å². The number of ether oxygens (including phenoxy) is 1. The molecule has 0 bridgehead atoms. The van der Waals surface area contributed by atoms with Crippen LogP contribution >= 0.6 is 11.3 Å². The fourth-order valence-corrected chi connectivity index (χ4v) is 4.36. The normalized spacial score (nSPS) is 11.0. The van der Waals surface area contributed by atoms with Crippen LogP contribution in [0.25, 0.3) is 21.3 Å². The SMILES string of the molecule is CCOc1c(CC(=O)O)ccc(-c2cc(NCCc3cc(F)c4sccc4c3)ncn2)c1F. The number of carbonyl (C=O) groups is 1. The number of anilines is 1. The van der Waals surface area contributed by atoms with Crippen molar-refractivity contribution in [2.45, 2.75) is 19.8 Å². The molecule has 0 amide bonds. The summed E-state index contributed by atoms with van der Waals surface area (Å²) in [6.45, 7) is 2.39. The van der Waals surface area contributed by atoms with E-state index in [1.54, 1.807) is 13.0 Å². The summed E-state index contributed by atoms with van der Waals surface area (Å²) >= 11 is 1.38. The number of aromatic nitrogens is 2. The second-order valence-electron chi connectivity index (χ2n) is 7.30. The Morgan fingerprint density at radius 1 is 1.18 bits per heavy atom. The van der Waals surface area contributed by atoms with Gasteiger partial charge in [0.25, 0.3) is 0 Å². The van der Waals surface area contributed by atoms with Gasteiger partial charge in [-0.25, -0.2) is 18.7 Å². The van der Waals surface area contributed by atoms with Gasteiger partial charge in [0, 0.05) is 23.7 Å². The highest BCUT2D eigenvalue weighted by Gasteiger charge is 2.19. The van der Waals surface area contributed by atoms with Gasteiger partial charge in [0.2, 0.25) is 0 Å². The first kappa shape index (κ1) is 22.6. The lowest BCUT2D eigenvalue weighted by Gasteiger charge is -2.13. The Hall–Kier alpha value is -3.59. The zero-order chi connectivity index (χ0) is 23.4. The molecule has 9 heteroatoms. The monoisotopic (exact) mass is 469 g/mol. The van der Waals surface area contributed by atoms with Crippen LogP contribution in [0.2, 0.25) is 0 Å². The summed E-state index contributed by atoms with van der Waals surface area (Å²) in [4.78, 5) is 19.4. The molecular formula is C24H21F2N3O3S. The summed E-state index contributed by atoms with van der Waals surface area (Å²) in [5, 5.41) is 15.0. The molecule has 0 fully saturated rings. The van der Waals surface area contributed by atoms with Gasteiger partial charge >= 0.3 is 5.97 Å². The molecule has 0 radical (unpaired) electrons. The van der Waals surface area contributed by atoms with Gasteiger partial charge in [-0.05, 0) is 47.9 Å². The number of fused-ring (bicyclic) bond motifs is 1. The minimum Gasteiger partial charge on any atom is -0.490 e. The lowest BCUT2D eigenvalue weighted by Crippen LogP contribution is -2.08. The third kappa shape index (κ3) is 5.09. The fraction of sp³-hybridized carbons (Fsp3) is 0.208. The molecule has 0 unspecified atom stereocenters. The summed E-state index contributed by atoms with van der Waals surface area (Å²) < 4.78 is 35.4. The average Bonchev–Trinajstić information content (AvgIpc) is 3.26. The number of hydrogen-bond donors (Lipinski definition) is 2. The highest BCUT2D eigenvalue weighted by molar-refractivity contribution is 7.17. The van der Waals surface area contributed by atoms with E-state index in [4.69, 9.17) is 9.84 Å². The quantitative estimate of drug-likeness (QED) is 0.345. The van der Waals surface area contributed by atoms with Crippen molar-refractivity contribution in [3.8, 4) is 17.0 Å². The number of rotatable bonds is 9. The van der Waals surface area contributed by atoms with Gasteiger partial charge in [-0.15, -0.1) is 11.3 Å². The predicted octanol–water partition coefficient (Wildman–Crippen LogP) is 5.32. The predicted molar refractivity (Wildman–Crippen MR) is 124 cm³/mol. The largest absolute Gasteiger partial charge is 0.490 e. The molecule has 4 rings (SSSR count). The number of thiophene rings is 1. The van der Waals surface area contributed by atoms with Crippen LogP contribution in [0.1, 0.15) is 18.1 Å². The molecule has 2 N–H and O–H groups in total. The van der Waals surface area contributed by atoms with Crippen molar-refractivity contribution >= 4 is 33.2 Å². The number of carboxylic acids is 1. The van der Waals surface area contributed by atoms with E-state index in [1.807, 2.05) is 17.5 Å². The first-order chi connectivity index (χ1) is 16.0. The second kappa shape index (κ2) is 9.91. The summed E-state index contributed by atoms with van der Waals surface area (Å²) in [5.41, 5.74) is 1.64. The van der Waals surface area contributed by atoms with Crippen molar-refractivity contribution in [2.24, 2.45) is 0 Å². The van der Waals surface area contributed by atoms with E-state index in [0.29, 0.717) is 29.2 Å². The molecule has 0 atom stereocenters. The summed E-state index contributed by atoms with van der Waals surface area (Å²) in [7, 11) is 0. The summed E-state index contributed by atoms with van der Waals surface area (Å²) in [6.07, 6.45) is 1.55. The molecule has 0 aliphatic carbocycles. The maximum atomic E-state index is 15.2. The van der Waals surface area contributed by atoms with E-state index >= 15 is 4.39 Å². The number of nitrogens with one attached hydrogen (secondary N) is 1. The molecule has 0 saturated heterocycles. The van der Waals surface area contributed by atoms with Crippen LogP contribution < -0.4 is 10.1 Å². The highest BCUT2D eigenvalue weighted by atomic mass is 32.1. The Morgan fingerprint density at radius 2 is 2.03 bits per heavy atom. The Bertz CT molecular complexity index is 1310. The summed E-state index contributed by atoms with van der Waals surface area (Å²) in [5.74, 6) is -1.57. The topological polar surface area (TPSA) is 84.3 Å². The third-order valence-corrected chi connectivity index (χ3v) is 5.98. The second-order valence-corrected chi connectivity index (χ2v) is 8.22. The van der Waals surface area contributed by atoms with E-state index in [1.165, 1.54) is 35.9 Å². The number of nitrogens with zero attached hydrogens (tertiary/aromatic N) is 2. The number of halogens is 2. The lowest BCUT2D eigenvalue weighted by atomic mass is 10.0. The average molecular weight is 470 g/mol. The van der Waals surface area contributed by atoms with Crippen molar-refractivity contribution in [2.75, 3.05) is 18.5 Å². The molecule has 33 heavy (non-hydrogen) atoms. The van der Waals surface area contributed by atoms with Crippen LogP contribution in [0.3, 0.4) is 0 Å². The molecule has 0 aliphatic heterocycles. The molecule has 6 nitrogen and oxygen atoms in total. The molecule has 170 valence electrons. The Balaban J connectivity index is 1.51. The highest BCUT2D eigenvalue weighted by Crippen LogP contribution is 2.32. The zero-order valence-electron chi connectivity index (χ0n) is 17.8. The summed E-state index contributed by atoms with van der Waals surface area (Å²) in [6, 6.07) is 10.0. The molecule has 0 aliphatic rings. The van der Waals surface area contributed by atoms with Gasteiger partial charge in [-0.3, -0.25) is 4.79 Å². The van der Waals surface area contributed by atoms with Gasteiger partial charge in [-0.1, -0.05) is 12.1 Å². The molecule has 2 aromatic heterocycles. The fourth-order valence-electron chi connectivity index (χ4n) is 3.57. The van der Waals surface area contributed by atoms with Crippen LogP contribution in [0, 0.1) is 11.6 Å². The smallest absolute Gasteiger partial charge is 0.307 e. The van der Waals surface area contributed by atoms with Crippen LogP contribution in [0.15, 0.2) is 48.1 Å². The molecular weight excluding hydrogens is 448 g/mol. The number of carboxylic acid groups (broad SMARTS) is 1. The minimum atomic E-state index is -1.07. The maximum absolute atomic E-state index is 15.2. The van der Waals surface area contributed by atoms with Crippen LogP contribution in [-0.2, 0) is 17.6 Å². The van der Waals surface area contributed by atoms with Crippen molar-refractivity contribution in [3.63, 3.8) is 0 Å². The maximum Gasteiger partial charge on any atom is 0.307 e. The molecule has 4 aromatic rings. The first-order valence-electron chi connectivity index (χ1n) is 10.3. The molecule has 2 heterocycles. The van der Waals surface area contributed by atoms with E-state index in [0.717, 1.165) is 10.9 Å². The number of hydrogen-bond acceptors (Lipinski definition) is 6. The zero-order valence-corrected chi connectivity index (χ0v) is 18.6. The third-order valence-electron chi connectivity index (χ3n) is 5.04. The van der Waals surface area contributed by atoms with E-state index in [9.17, 15) is 9.18 Å². The van der Waals surface area contributed by atoms with Crippen LogP contribution in [-0.4, -0.2) is 34.2 Å². The van der Waals surface area contributed by atoms with Gasteiger partial charge in [0.05, 0.1) is 23.4 Å². The van der Waals surface area contributed by atoms with Crippen molar-refractivity contribution in [1.82, 2.24) is 9.97 Å². The molecule has 0 spiro atoms. The van der Waals surface area contributed by atoms with Gasteiger partial charge in [0.1, 0.15) is 18.0 Å². The van der Waals surface area contributed by atoms with Crippen LogP contribution in [0.4, 0.5) is 14.6 Å². The standard InChI is InChI=1S/C24H21F2N3O3S/c1-2-32-23-15(11-21(30)31)3-4-17(22(23)26)19-12-20(29-13-28-19)27-7-5-14-9-16-6-8-33-24(16)18(25)10-14/h3-4,6,8-10,12-13H,2,5,7,11H2,1H3,(H,30,31)(H,27,28,29). The Morgan fingerprint density at radius 3 is 2.82 bits per heavy atom. The Labute approximate surface area is 192 Å². The molecule has 2 aromatic carbocycles. The van der Waals surface area contributed by atoms with Crippen LogP contribution in [0.5, 0.6) is 5.75 Å². The van der Waals surface area contributed by atoms with Gasteiger partial charge < -0.3 is 15.2 Å². The van der Waals surface area contributed by atoms with E-state index < -0.39 is 11.8 Å². The van der Waals surface area contributed by atoms with Crippen molar-refractivity contribution in [3.05, 3.63) is 70.9 Å². The van der Waals surface area contributed by atoms with E-state index in [-0.39, 0.29) is 35.7 Å².